The van der Waals surface area contributed by atoms with Crippen molar-refractivity contribution in [3.05, 3.63) is 57.2 Å². The summed E-state index contributed by atoms with van der Waals surface area (Å²) >= 11 is 1.29. The second-order valence-electron chi connectivity index (χ2n) is 5.95. The van der Waals surface area contributed by atoms with Gasteiger partial charge in [-0.2, -0.15) is 0 Å². The Balaban J connectivity index is 1.98. The molecule has 0 fully saturated rings. The largest absolute Gasteiger partial charge is 0.505 e. The molecule has 6 heteroatoms. The fourth-order valence-electron chi connectivity index (χ4n) is 2.59. The van der Waals surface area contributed by atoms with E-state index in [1.807, 2.05) is 12.1 Å². The number of aromatic hydroxyl groups is 1. The minimum atomic E-state index is -0.610. The Morgan fingerprint density at radius 3 is 2.50 bits per heavy atom. The van der Waals surface area contributed by atoms with E-state index < -0.39 is 11.5 Å². The van der Waals surface area contributed by atoms with Crippen LogP contribution < -0.4 is 10.9 Å². The van der Waals surface area contributed by atoms with Gasteiger partial charge in [0, 0.05) is 12.7 Å². The second-order valence-corrected chi connectivity index (χ2v) is 6.87. The van der Waals surface area contributed by atoms with E-state index in [0.717, 1.165) is 5.56 Å². The van der Waals surface area contributed by atoms with Crippen LogP contribution >= 0.6 is 11.3 Å². The van der Waals surface area contributed by atoms with Gasteiger partial charge in [-0.25, -0.2) is 0 Å². The van der Waals surface area contributed by atoms with Crippen molar-refractivity contribution < 1.29 is 9.90 Å². The van der Waals surface area contributed by atoms with Crippen molar-refractivity contribution in [2.24, 2.45) is 7.05 Å². The molecular weight excluding hydrogens is 324 g/mol. The van der Waals surface area contributed by atoms with Crippen LogP contribution in [0.4, 0.5) is 5.69 Å². The molecule has 0 unspecified atom stereocenters. The van der Waals surface area contributed by atoms with Crippen molar-refractivity contribution in [2.75, 3.05) is 5.32 Å². The number of hydrogen-bond donors (Lipinski definition) is 2. The molecule has 0 spiro atoms. The number of fused-ring (bicyclic) bond motifs is 1. The topological polar surface area (TPSA) is 71.3 Å². The van der Waals surface area contributed by atoms with E-state index in [2.05, 4.69) is 19.2 Å². The number of pyridine rings is 1. The van der Waals surface area contributed by atoms with Crippen LogP contribution in [0.1, 0.15) is 35.7 Å². The van der Waals surface area contributed by atoms with Gasteiger partial charge < -0.3 is 15.0 Å². The lowest BCUT2D eigenvalue weighted by molar-refractivity contribution is 0.102. The molecule has 3 rings (SSSR count). The highest BCUT2D eigenvalue weighted by Crippen LogP contribution is 2.31. The number of nitrogens with zero attached hydrogens (tertiary/aromatic N) is 1. The molecule has 0 saturated carbocycles. The van der Waals surface area contributed by atoms with E-state index in [1.165, 1.54) is 15.9 Å². The molecule has 0 aliphatic carbocycles. The van der Waals surface area contributed by atoms with Gasteiger partial charge in [-0.3, -0.25) is 9.59 Å². The van der Waals surface area contributed by atoms with Crippen LogP contribution in [-0.4, -0.2) is 15.6 Å². The third-order valence-corrected chi connectivity index (χ3v) is 4.95. The number of anilines is 1. The molecule has 1 aromatic carbocycles. The van der Waals surface area contributed by atoms with E-state index >= 15 is 0 Å². The SMILES string of the molecule is CC(C)c1ccc(NC(=O)c2c(O)c3sccc3n(C)c2=O)cc1. The molecule has 5 nitrogen and oxygen atoms in total. The fourth-order valence-corrected chi connectivity index (χ4v) is 3.46. The van der Waals surface area contributed by atoms with E-state index in [0.29, 0.717) is 21.8 Å². The number of aromatic nitrogens is 1. The Morgan fingerprint density at radius 1 is 1.21 bits per heavy atom. The average Bonchev–Trinajstić information content (AvgIpc) is 3.03. The Bertz CT molecular complexity index is 968. The van der Waals surface area contributed by atoms with Gasteiger partial charge in [-0.15, -0.1) is 11.3 Å². The summed E-state index contributed by atoms with van der Waals surface area (Å²) in [5.74, 6) is -0.479. The zero-order chi connectivity index (χ0) is 17.4. The molecule has 2 N–H and O–H groups in total. The van der Waals surface area contributed by atoms with Gasteiger partial charge >= 0.3 is 0 Å². The van der Waals surface area contributed by atoms with E-state index in [9.17, 15) is 14.7 Å². The molecule has 3 aromatic rings. The number of aryl methyl sites for hydroxylation is 1. The Labute approximate surface area is 143 Å². The minimum absolute atomic E-state index is 0.236. The van der Waals surface area contributed by atoms with Crippen LogP contribution in [0.25, 0.3) is 10.2 Å². The predicted octanol–water partition coefficient (Wildman–Crippen LogP) is 3.68. The molecule has 2 aromatic heterocycles. The Hall–Kier alpha value is -2.60. The lowest BCUT2D eigenvalue weighted by Gasteiger charge is -2.11. The second kappa shape index (κ2) is 6.13. The smallest absolute Gasteiger partial charge is 0.267 e. The van der Waals surface area contributed by atoms with Crippen LogP contribution in [0, 0.1) is 0 Å². The summed E-state index contributed by atoms with van der Waals surface area (Å²) in [7, 11) is 1.59. The minimum Gasteiger partial charge on any atom is -0.505 e. The molecule has 124 valence electrons. The first-order valence-corrected chi connectivity index (χ1v) is 8.48. The predicted molar refractivity (Wildman–Crippen MR) is 97.2 cm³/mol. The summed E-state index contributed by atoms with van der Waals surface area (Å²) < 4.78 is 1.90. The normalized spacial score (nSPS) is 11.2. The van der Waals surface area contributed by atoms with Gasteiger partial charge in [0.15, 0.2) is 5.75 Å². The quantitative estimate of drug-likeness (QED) is 0.763. The average molecular weight is 342 g/mol. The number of thiophene rings is 1. The van der Waals surface area contributed by atoms with Crippen molar-refractivity contribution in [1.82, 2.24) is 4.57 Å². The maximum Gasteiger partial charge on any atom is 0.267 e. The fraction of sp³-hybridized carbons (Fsp3) is 0.222. The molecule has 24 heavy (non-hydrogen) atoms. The summed E-state index contributed by atoms with van der Waals surface area (Å²) in [6.07, 6.45) is 0. The highest BCUT2D eigenvalue weighted by Gasteiger charge is 2.22. The van der Waals surface area contributed by atoms with Crippen LogP contribution in [-0.2, 0) is 7.05 Å². The summed E-state index contributed by atoms with van der Waals surface area (Å²) in [5, 5.41) is 14.8. The number of nitrogens with one attached hydrogen (secondary N) is 1. The van der Waals surface area contributed by atoms with Crippen molar-refractivity contribution in [2.45, 2.75) is 19.8 Å². The molecule has 0 saturated heterocycles. The number of rotatable bonds is 3. The lowest BCUT2D eigenvalue weighted by Crippen LogP contribution is -2.27. The summed E-state index contributed by atoms with van der Waals surface area (Å²) in [6.45, 7) is 4.18. The third-order valence-electron chi connectivity index (χ3n) is 4.04. The molecular formula is C18H18N2O3S. The molecule has 0 bridgehead atoms. The first-order chi connectivity index (χ1) is 11.4. The van der Waals surface area contributed by atoms with Gasteiger partial charge in [-0.05, 0) is 35.1 Å². The number of carbonyl (C=O) groups excluding carboxylic acids is 1. The Morgan fingerprint density at radius 2 is 1.88 bits per heavy atom. The van der Waals surface area contributed by atoms with Gasteiger partial charge in [-0.1, -0.05) is 26.0 Å². The van der Waals surface area contributed by atoms with Crippen molar-refractivity contribution in [3.8, 4) is 5.75 Å². The van der Waals surface area contributed by atoms with Gasteiger partial charge in [0.2, 0.25) is 0 Å². The first-order valence-electron chi connectivity index (χ1n) is 7.60. The number of amides is 1. The maximum atomic E-state index is 12.5. The number of benzene rings is 1. The maximum absolute atomic E-state index is 12.5. The zero-order valence-corrected chi connectivity index (χ0v) is 14.5. The van der Waals surface area contributed by atoms with Crippen molar-refractivity contribution in [1.29, 1.82) is 0 Å². The molecule has 0 aliphatic rings. The number of carbonyl (C=O) groups is 1. The first kappa shape index (κ1) is 16.3. The highest BCUT2D eigenvalue weighted by molar-refractivity contribution is 7.17. The molecule has 0 atom stereocenters. The summed E-state index contributed by atoms with van der Waals surface area (Å²) in [4.78, 5) is 24.9. The van der Waals surface area contributed by atoms with E-state index in [1.54, 1.807) is 30.6 Å². The summed E-state index contributed by atoms with van der Waals surface area (Å²) in [5.41, 5.74) is 1.60. The monoisotopic (exact) mass is 342 g/mol. The third kappa shape index (κ3) is 2.69. The van der Waals surface area contributed by atoms with E-state index in [4.69, 9.17) is 0 Å². The van der Waals surface area contributed by atoms with Crippen LogP contribution in [0.2, 0.25) is 0 Å². The van der Waals surface area contributed by atoms with Crippen molar-refractivity contribution in [3.63, 3.8) is 0 Å². The standard InChI is InChI=1S/C18H18N2O3S/c1-10(2)11-4-6-12(7-5-11)19-17(22)14-15(21)16-13(8-9-24-16)20(3)18(14)23/h4-10,21H,1-3H3,(H,19,22). The van der Waals surface area contributed by atoms with Crippen LogP contribution in [0.5, 0.6) is 5.75 Å². The molecule has 1 amide bonds. The molecule has 0 radical (unpaired) electrons. The number of hydrogen-bond acceptors (Lipinski definition) is 4. The highest BCUT2D eigenvalue weighted by atomic mass is 32.1. The summed E-state index contributed by atoms with van der Waals surface area (Å²) in [6, 6.07) is 9.19. The van der Waals surface area contributed by atoms with E-state index in [-0.39, 0.29) is 11.3 Å². The van der Waals surface area contributed by atoms with Gasteiger partial charge in [0.25, 0.3) is 11.5 Å². The Kier molecular flexibility index (Phi) is 4.15. The van der Waals surface area contributed by atoms with Gasteiger partial charge in [0.05, 0.1) is 10.2 Å². The molecule has 2 heterocycles. The zero-order valence-electron chi connectivity index (χ0n) is 13.7. The van der Waals surface area contributed by atoms with Crippen LogP contribution in [0.3, 0.4) is 0 Å². The van der Waals surface area contributed by atoms with Crippen molar-refractivity contribution >= 4 is 33.1 Å². The molecule has 0 aliphatic heterocycles. The van der Waals surface area contributed by atoms with Gasteiger partial charge in [0.1, 0.15) is 5.56 Å². The lowest BCUT2D eigenvalue weighted by atomic mass is 10.0. The van der Waals surface area contributed by atoms with Crippen LogP contribution in [0.15, 0.2) is 40.5 Å².